The average molecular weight is 231 g/mol. The summed E-state index contributed by atoms with van der Waals surface area (Å²) >= 11 is 0. The van der Waals surface area contributed by atoms with Gasteiger partial charge in [0.2, 0.25) is 0 Å². The first-order valence-electron chi connectivity index (χ1n) is 6.83. The Morgan fingerprint density at radius 2 is 1.71 bits per heavy atom. The maximum Gasteiger partial charge on any atom is 0.0577 e. The number of rotatable bonds is 4. The maximum absolute atomic E-state index is 5.81. The fourth-order valence-electron chi connectivity index (χ4n) is 2.50. The van der Waals surface area contributed by atoms with Gasteiger partial charge in [-0.1, -0.05) is 18.2 Å². The normalized spacial score (nSPS) is 21.8. The highest BCUT2D eigenvalue weighted by atomic mass is 16.5. The summed E-state index contributed by atoms with van der Waals surface area (Å²) < 4.78 is 5.81. The van der Waals surface area contributed by atoms with Gasteiger partial charge in [-0.2, -0.15) is 0 Å². The van der Waals surface area contributed by atoms with Crippen molar-refractivity contribution in [1.82, 2.24) is 0 Å². The van der Waals surface area contributed by atoms with E-state index in [0.29, 0.717) is 6.10 Å². The number of benzene rings is 1. The molecule has 0 atom stereocenters. The zero-order valence-electron chi connectivity index (χ0n) is 10.3. The van der Waals surface area contributed by atoms with Crippen molar-refractivity contribution < 1.29 is 4.74 Å². The van der Waals surface area contributed by atoms with Gasteiger partial charge in [0.25, 0.3) is 0 Å². The van der Waals surface area contributed by atoms with Gasteiger partial charge in [-0.25, -0.2) is 0 Å². The molecule has 1 saturated heterocycles. The van der Waals surface area contributed by atoms with Gasteiger partial charge in [-0.15, -0.1) is 0 Å². The number of hydrogen-bond donors (Lipinski definition) is 0. The van der Waals surface area contributed by atoms with Crippen molar-refractivity contribution in [3.63, 3.8) is 0 Å². The Balaban J connectivity index is 1.46. The molecule has 2 fully saturated rings. The van der Waals surface area contributed by atoms with Crippen LogP contribution in [-0.2, 0) is 4.74 Å². The zero-order valence-corrected chi connectivity index (χ0v) is 10.3. The second-order valence-corrected chi connectivity index (χ2v) is 5.30. The smallest absolute Gasteiger partial charge is 0.0577 e. The van der Waals surface area contributed by atoms with E-state index in [4.69, 9.17) is 4.74 Å². The van der Waals surface area contributed by atoms with Gasteiger partial charge in [0.05, 0.1) is 6.10 Å². The summed E-state index contributed by atoms with van der Waals surface area (Å²) in [7, 11) is 0. The molecule has 0 aromatic heterocycles. The van der Waals surface area contributed by atoms with Gasteiger partial charge in [0.15, 0.2) is 0 Å². The zero-order chi connectivity index (χ0) is 11.5. The Bertz CT molecular complexity index is 339. The fraction of sp³-hybridized carbons (Fsp3) is 0.600. The van der Waals surface area contributed by atoms with Gasteiger partial charge in [-0.3, -0.25) is 0 Å². The van der Waals surface area contributed by atoms with Crippen LogP contribution in [0.1, 0.15) is 25.7 Å². The quantitative estimate of drug-likeness (QED) is 0.789. The van der Waals surface area contributed by atoms with Crippen molar-refractivity contribution >= 4 is 5.69 Å². The third-order valence-corrected chi connectivity index (χ3v) is 3.83. The first-order valence-corrected chi connectivity index (χ1v) is 6.83. The van der Waals surface area contributed by atoms with Gasteiger partial charge in [-0.05, 0) is 43.7 Å². The minimum absolute atomic E-state index is 0.613. The van der Waals surface area contributed by atoms with E-state index in [0.717, 1.165) is 12.5 Å². The Morgan fingerprint density at radius 3 is 2.35 bits per heavy atom. The van der Waals surface area contributed by atoms with Crippen molar-refractivity contribution in [2.45, 2.75) is 31.8 Å². The molecule has 1 saturated carbocycles. The van der Waals surface area contributed by atoms with E-state index in [1.807, 2.05) is 0 Å². The molecule has 1 aliphatic carbocycles. The van der Waals surface area contributed by atoms with Crippen LogP contribution in [0.4, 0.5) is 5.69 Å². The third kappa shape index (κ3) is 3.01. The molecule has 0 radical (unpaired) electrons. The van der Waals surface area contributed by atoms with Crippen LogP contribution in [0, 0.1) is 5.92 Å². The van der Waals surface area contributed by atoms with Crippen LogP contribution in [0.15, 0.2) is 30.3 Å². The molecule has 2 aliphatic rings. The van der Waals surface area contributed by atoms with Crippen LogP contribution < -0.4 is 4.90 Å². The molecule has 0 bridgehead atoms. The highest BCUT2D eigenvalue weighted by Crippen LogP contribution is 2.27. The monoisotopic (exact) mass is 231 g/mol. The maximum atomic E-state index is 5.81. The predicted octanol–water partition coefficient (Wildman–Crippen LogP) is 3.08. The second-order valence-electron chi connectivity index (χ2n) is 5.30. The SMILES string of the molecule is c1ccc(N2CCC(COC3CC3)CC2)cc1. The molecule has 2 heteroatoms. The van der Waals surface area contributed by atoms with Crippen molar-refractivity contribution in [1.29, 1.82) is 0 Å². The van der Waals surface area contributed by atoms with Gasteiger partial charge in [0.1, 0.15) is 0 Å². The van der Waals surface area contributed by atoms with Gasteiger partial charge in [0, 0.05) is 25.4 Å². The lowest BCUT2D eigenvalue weighted by atomic mass is 9.97. The van der Waals surface area contributed by atoms with E-state index >= 15 is 0 Å². The molecule has 0 N–H and O–H groups in total. The molecule has 1 aromatic rings. The van der Waals surface area contributed by atoms with Crippen LogP contribution in [0.5, 0.6) is 0 Å². The minimum Gasteiger partial charge on any atom is -0.378 e. The lowest BCUT2D eigenvalue weighted by Crippen LogP contribution is -2.35. The standard InChI is InChI=1S/C15H21NO/c1-2-4-14(5-3-1)16-10-8-13(9-11-16)12-17-15-6-7-15/h1-5,13,15H,6-12H2. The number of hydrogen-bond acceptors (Lipinski definition) is 2. The van der Waals surface area contributed by atoms with Crippen molar-refractivity contribution in [3.05, 3.63) is 30.3 Å². The van der Waals surface area contributed by atoms with Crippen LogP contribution in [-0.4, -0.2) is 25.8 Å². The fourth-order valence-corrected chi connectivity index (χ4v) is 2.50. The summed E-state index contributed by atoms with van der Waals surface area (Å²) in [4.78, 5) is 2.49. The largest absolute Gasteiger partial charge is 0.378 e. The van der Waals surface area contributed by atoms with E-state index in [-0.39, 0.29) is 0 Å². The van der Waals surface area contributed by atoms with Crippen molar-refractivity contribution in [3.8, 4) is 0 Å². The Labute approximate surface area is 104 Å². The number of ether oxygens (including phenoxy) is 1. The van der Waals surface area contributed by atoms with Crippen LogP contribution in [0.3, 0.4) is 0 Å². The average Bonchev–Trinajstić information content (AvgIpc) is 3.22. The van der Waals surface area contributed by atoms with Gasteiger partial charge >= 0.3 is 0 Å². The van der Waals surface area contributed by atoms with Gasteiger partial charge < -0.3 is 9.64 Å². The summed E-state index contributed by atoms with van der Waals surface area (Å²) in [6.45, 7) is 3.36. The molecule has 0 spiro atoms. The number of nitrogens with zero attached hydrogens (tertiary/aromatic N) is 1. The first kappa shape index (κ1) is 11.1. The molecular weight excluding hydrogens is 210 g/mol. The Hall–Kier alpha value is -1.02. The summed E-state index contributed by atoms with van der Waals surface area (Å²) in [5, 5.41) is 0. The molecule has 17 heavy (non-hydrogen) atoms. The predicted molar refractivity (Wildman–Crippen MR) is 70.4 cm³/mol. The third-order valence-electron chi connectivity index (χ3n) is 3.83. The van der Waals surface area contributed by atoms with E-state index in [1.165, 1.54) is 44.5 Å². The van der Waals surface area contributed by atoms with E-state index in [9.17, 15) is 0 Å². The van der Waals surface area contributed by atoms with E-state index in [2.05, 4.69) is 35.2 Å². The summed E-state index contributed by atoms with van der Waals surface area (Å²) in [5.74, 6) is 0.788. The molecule has 1 heterocycles. The second kappa shape index (κ2) is 5.09. The molecular formula is C15H21NO. The molecule has 2 nitrogen and oxygen atoms in total. The highest BCUT2D eigenvalue weighted by molar-refractivity contribution is 5.46. The Kier molecular flexibility index (Phi) is 3.32. The number of para-hydroxylation sites is 1. The molecule has 1 aliphatic heterocycles. The molecule has 0 unspecified atom stereocenters. The van der Waals surface area contributed by atoms with Crippen molar-refractivity contribution in [2.24, 2.45) is 5.92 Å². The first-order chi connectivity index (χ1) is 8.42. The Morgan fingerprint density at radius 1 is 1.00 bits per heavy atom. The molecule has 1 aromatic carbocycles. The van der Waals surface area contributed by atoms with Crippen LogP contribution in [0.2, 0.25) is 0 Å². The van der Waals surface area contributed by atoms with Crippen molar-refractivity contribution in [2.75, 3.05) is 24.6 Å². The molecule has 0 amide bonds. The topological polar surface area (TPSA) is 12.5 Å². The molecule has 3 rings (SSSR count). The lowest BCUT2D eigenvalue weighted by Gasteiger charge is -2.33. The van der Waals surface area contributed by atoms with Crippen LogP contribution in [0.25, 0.3) is 0 Å². The highest BCUT2D eigenvalue weighted by Gasteiger charge is 2.25. The minimum atomic E-state index is 0.613. The number of piperidine rings is 1. The summed E-state index contributed by atoms with van der Waals surface area (Å²) in [6.07, 6.45) is 5.76. The number of anilines is 1. The molecule has 92 valence electrons. The van der Waals surface area contributed by atoms with E-state index < -0.39 is 0 Å². The van der Waals surface area contributed by atoms with E-state index in [1.54, 1.807) is 0 Å². The van der Waals surface area contributed by atoms with Crippen LogP contribution >= 0.6 is 0 Å². The summed E-state index contributed by atoms with van der Waals surface area (Å²) in [6, 6.07) is 10.7. The summed E-state index contributed by atoms with van der Waals surface area (Å²) in [5.41, 5.74) is 1.37. The lowest BCUT2D eigenvalue weighted by molar-refractivity contribution is 0.0779.